The zero-order valence-electron chi connectivity index (χ0n) is 13.1. The number of aromatic nitrogens is 1. The molecule has 0 saturated carbocycles. The number of benzene rings is 1. The molecule has 0 aliphatic carbocycles. The molecule has 1 N–H and O–H groups in total. The van der Waals surface area contributed by atoms with E-state index in [2.05, 4.69) is 24.1 Å². The molecule has 1 atom stereocenters. The molecule has 2 aromatic rings. The first-order valence-corrected chi connectivity index (χ1v) is 7.45. The maximum absolute atomic E-state index is 12.9. The van der Waals surface area contributed by atoms with E-state index in [9.17, 15) is 9.18 Å². The molecule has 0 bridgehead atoms. The molecule has 1 aromatic carbocycles. The Kier molecular flexibility index (Phi) is 5.31. The van der Waals surface area contributed by atoms with Gasteiger partial charge in [-0.2, -0.15) is 0 Å². The van der Waals surface area contributed by atoms with E-state index in [0.29, 0.717) is 30.4 Å². The molecule has 118 valence electrons. The largest absolute Gasteiger partial charge is 0.441 e. The highest BCUT2D eigenvalue weighted by Gasteiger charge is 2.12. The second-order valence-corrected chi connectivity index (χ2v) is 5.73. The molecule has 0 saturated heterocycles. The Morgan fingerprint density at radius 1 is 1.27 bits per heavy atom. The van der Waals surface area contributed by atoms with E-state index >= 15 is 0 Å². The first-order chi connectivity index (χ1) is 10.5. The standard InChI is InChI=1S/C17H21FN2O2/c1-11(2)12(3)20-16(21)8-9-17-19-10-15(22-17)13-4-6-14(18)7-5-13/h4-7,10-12H,8-9H2,1-3H3,(H,20,21). The summed E-state index contributed by atoms with van der Waals surface area (Å²) in [6.45, 7) is 6.11. The Bertz CT molecular complexity index is 620. The van der Waals surface area contributed by atoms with Crippen LogP contribution in [0.3, 0.4) is 0 Å². The van der Waals surface area contributed by atoms with Crippen LogP contribution in [0.25, 0.3) is 11.3 Å². The third kappa shape index (κ3) is 4.41. The van der Waals surface area contributed by atoms with Crippen molar-refractivity contribution in [2.45, 2.75) is 39.7 Å². The van der Waals surface area contributed by atoms with Gasteiger partial charge < -0.3 is 9.73 Å². The van der Waals surface area contributed by atoms with E-state index in [-0.39, 0.29) is 17.8 Å². The Balaban J connectivity index is 1.90. The van der Waals surface area contributed by atoms with Crippen molar-refractivity contribution >= 4 is 5.91 Å². The van der Waals surface area contributed by atoms with E-state index < -0.39 is 0 Å². The molecular weight excluding hydrogens is 283 g/mol. The lowest BCUT2D eigenvalue weighted by molar-refractivity contribution is -0.122. The summed E-state index contributed by atoms with van der Waals surface area (Å²) in [6, 6.07) is 6.16. The van der Waals surface area contributed by atoms with Crippen molar-refractivity contribution in [1.29, 1.82) is 0 Å². The molecule has 0 spiro atoms. The summed E-state index contributed by atoms with van der Waals surface area (Å²) >= 11 is 0. The lowest BCUT2D eigenvalue weighted by Crippen LogP contribution is -2.36. The summed E-state index contributed by atoms with van der Waals surface area (Å²) < 4.78 is 18.5. The fraction of sp³-hybridized carbons (Fsp3) is 0.412. The van der Waals surface area contributed by atoms with Crippen LogP contribution in [-0.2, 0) is 11.2 Å². The van der Waals surface area contributed by atoms with Crippen molar-refractivity contribution in [2.75, 3.05) is 0 Å². The fourth-order valence-corrected chi connectivity index (χ4v) is 1.89. The van der Waals surface area contributed by atoms with Crippen LogP contribution in [0.15, 0.2) is 34.9 Å². The average molecular weight is 304 g/mol. The molecule has 1 amide bonds. The molecule has 0 fully saturated rings. The van der Waals surface area contributed by atoms with Gasteiger partial charge in [0.15, 0.2) is 11.7 Å². The van der Waals surface area contributed by atoms with Gasteiger partial charge >= 0.3 is 0 Å². The van der Waals surface area contributed by atoms with Gasteiger partial charge in [0, 0.05) is 24.4 Å². The average Bonchev–Trinajstić information content (AvgIpc) is 2.94. The predicted molar refractivity (Wildman–Crippen MR) is 82.7 cm³/mol. The van der Waals surface area contributed by atoms with Gasteiger partial charge in [-0.25, -0.2) is 9.37 Å². The summed E-state index contributed by atoms with van der Waals surface area (Å²) in [5.41, 5.74) is 0.762. The number of carbonyl (C=O) groups excluding carboxylic acids is 1. The van der Waals surface area contributed by atoms with E-state index in [4.69, 9.17) is 4.42 Å². The van der Waals surface area contributed by atoms with Crippen molar-refractivity contribution in [3.63, 3.8) is 0 Å². The minimum absolute atomic E-state index is 0.0114. The highest BCUT2D eigenvalue weighted by Crippen LogP contribution is 2.21. The molecule has 22 heavy (non-hydrogen) atoms. The maximum Gasteiger partial charge on any atom is 0.220 e. The zero-order chi connectivity index (χ0) is 16.1. The van der Waals surface area contributed by atoms with Crippen molar-refractivity contribution in [3.05, 3.63) is 42.2 Å². The van der Waals surface area contributed by atoms with Gasteiger partial charge in [-0.15, -0.1) is 0 Å². The van der Waals surface area contributed by atoms with Gasteiger partial charge in [-0.05, 0) is 37.1 Å². The van der Waals surface area contributed by atoms with Gasteiger partial charge in [0.1, 0.15) is 5.82 Å². The van der Waals surface area contributed by atoms with Crippen LogP contribution < -0.4 is 5.32 Å². The number of hydrogen-bond acceptors (Lipinski definition) is 3. The Morgan fingerprint density at radius 2 is 1.95 bits per heavy atom. The second kappa shape index (κ2) is 7.20. The van der Waals surface area contributed by atoms with Crippen molar-refractivity contribution in [3.8, 4) is 11.3 Å². The number of carbonyl (C=O) groups is 1. The normalized spacial score (nSPS) is 12.4. The van der Waals surface area contributed by atoms with E-state index in [0.717, 1.165) is 5.56 Å². The molecule has 4 nitrogen and oxygen atoms in total. The zero-order valence-corrected chi connectivity index (χ0v) is 13.1. The summed E-state index contributed by atoms with van der Waals surface area (Å²) in [4.78, 5) is 16.0. The SMILES string of the molecule is CC(C)C(C)NC(=O)CCc1ncc(-c2ccc(F)cc2)o1. The number of amides is 1. The number of aryl methyl sites for hydroxylation is 1. The third-order valence-corrected chi connectivity index (χ3v) is 3.64. The van der Waals surface area contributed by atoms with E-state index in [1.807, 2.05) is 6.92 Å². The minimum atomic E-state index is -0.292. The maximum atomic E-state index is 12.9. The van der Waals surface area contributed by atoms with Crippen molar-refractivity contribution in [1.82, 2.24) is 10.3 Å². The Morgan fingerprint density at radius 3 is 2.59 bits per heavy atom. The quantitative estimate of drug-likeness (QED) is 0.887. The molecule has 1 aromatic heterocycles. The number of halogens is 1. The topological polar surface area (TPSA) is 55.1 Å². The smallest absolute Gasteiger partial charge is 0.220 e. The number of rotatable bonds is 6. The monoisotopic (exact) mass is 304 g/mol. The van der Waals surface area contributed by atoms with Gasteiger partial charge in [0.25, 0.3) is 0 Å². The van der Waals surface area contributed by atoms with Crippen molar-refractivity contribution in [2.24, 2.45) is 5.92 Å². The highest BCUT2D eigenvalue weighted by molar-refractivity contribution is 5.76. The molecule has 0 aliphatic heterocycles. The minimum Gasteiger partial charge on any atom is -0.441 e. The van der Waals surface area contributed by atoms with Crippen LogP contribution >= 0.6 is 0 Å². The third-order valence-electron chi connectivity index (χ3n) is 3.64. The molecule has 1 unspecified atom stereocenters. The van der Waals surface area contributed by atoms with Crippen LogP contribution in [0.4, 0.5) is 4.39 Å². The van der Waals surface area contributed by atoms with Gasteiger partial charge in [-0.3, -0.25) is 4.79 Å². The van der Waals surface area contributed by atoms with Gasteiger partial charge in [0.05, 0.1) is 6.20 Å². The van der Waals surface area contributed by atoms with Crippen LogP contribution in [0.1, 0.15) is 33.1 Å². The summed E-state index contributed by atoms with van der Waals surface area (Å²) in [6.07, 6.45) is 2.37. The predicted octanol–water partition coefficient (Wildman–Crippen LogP) is 3.57. The summed E-state index contributed by atoms with van der Waals surface area (Å²) in [5.74, 6) is 1.18. The summed E-state index contributed by atoms with van der Waals surface area (Å²) in [5, 5.41) is 2.94. The van der Waals surface area contributed by atoms with Gasteiger partial charge in [0.2, 0.25) is 5.91 Å². The van der Waals surface area contributed by atoms with E-state index in [1.54, 1.807) is 18.3 Å². The summed E-state index contributed by atoms with van der Waals surface area (Å²) in [7, 11) is 0. The molecule has 5 heteroatoms. The number of oxazole rings is 1. The van der Waals surface area contributed by atoms with E-state index in [1.165, 1.54) is 12.1 Å². The lowest BCUT2D eigenvalue weighted by Gasteiger charge is -2.16. The van der Waals surface area contributed by atoms with Gasteiger partial charge in [-0.1, -0.05) is 13.8 Å². The first kappa shape index (κ1) is 16.2. The Labute approximate surface area is 129 Å². The Hall–Kier alpha value is -2.17. The highest BCUT2D eigenvalue weighted by atomic mass is 19.1. The van der Waals surface area contributed by atoms with Crippen LogP contribution in [0, 0.1) is 11.7 Å². The van der Waals surface area contributed by atoms with Crippen LogP contribution in [0.2, 0.25) is 0 Å². The number of hydrogen-bond donors (Lipinski definition) is 1. The first-order valence-electron chi connectivity index (χ1n) is 7.45. The second-order valence-electron chi connectivity index (χ2n) is 5.73. The molecule has 0 radical (unpaired) electrons. The molecular formula is C17H21FN2O2. The fourth-order valence-electron chi connectivity index (χ4n) is 1.89. The van der Waals surface area contributed by atoms with Crippen LogP contribution in [0.5, 0.6) is 0 Å². The lowest BCUT2D eigenvalue weighted by atomic mass is 10.1. The number of nitrogens with one attached hydrogen (secondary N) is 1. The molecule has 0 aliphatic rings. The van der Waals surface area contributed by atoms with Crippen molar-refractivity contribution < 1.29 is 13.6 Å². The molecule has 2 rings (SSSR count). The van der Waals surface area contributed by atoms with Crippen LogP contribution in [-0.4, -0.2) is 16.9 Å². The number of nitrogens with zero attached hydrogens (tertiary/aromatic N) is 1. The molecule has 1 heterocycles.